The molecular weight excluding hydrogens is 288 g/mol. The number of carboxylic acid groups (broad SMARTS) is 1. The lowest BCUT2D eigenvalue weighted by Gasteiger charge is -2.31. The number of hydrogen-bond acceptors (Lipinski definition) is 6. The van der Waals surface area contributed by atoms with Crippen LogP contribution in [0.1, 0.15) is 26.0 Å². The molecule has 4 N–H and O–H groups in total. The summed E-state index contributed by atoms with van der Waals surface area (Å²) in [5.74, 6) is -0.159. The van der Waals surface area contributed by atoms with Gasteiger partial charge in [-0.3, -0.25) is 4.98 Å². The van der Waals surface area contributed by atoms with E-state index in [2.05, 4.69) is 4.98 Å². The number of nitrogens with two attached hydrogens (primary N) is 1. The van der Waals surface area contributed by atoms with E-state index in [1.165, 1.54) is 6.20 Å². The SMILES string of the molecule is CC(C)CC(N)C(O)(Cc1cc2c(cn1)OCCO2)C(=O)O. The molecule has 0 fully saturated rings. The first-order chi connectivity index (χ1) is 10.3. The molecule has 2 unspecified atom stereocenters. The maximum Gasteiger partial charge on any atom is 0.337 e. The van der Waals surface area contributed by atoms with Crippen LogP contribution >= 0.6 is 0 Å². The van der Waals surface area contributed by atoms with E-state index in [1.807, 2.05) is 13.8 Å². The third-order valence-electron chi connectivity index (χ3n) is 3.65. The average Bonchev–Trinajstić information content (AvgIpc) is 2.46. The van der Waals surface area contributed by atoms with E-state index in [1.54, 1.807) is 6.07 Å². The lowest BCUT2D eigenvalue weighted by molar-refractivity contribution is -0.161. The minimum Gasteiger partial charge on any atom is -0.486 e. The second-order valence-electron chi connectivity index (χ2n) is 5.96. The van der Waals surface area contributed by atoms with Gasteiger partial charge in [0.05, 0.1) is 6.20 Å². The summed E-state index contributed by atoms with van der Waals surface area (Å²) in [7, 11) is 0. The Morgan fingerprint density at radius 3 is 2.64 bits per heavy atom. The molecule has 22 heavy (non-hydrogen) atoms. The molecule has 1 aromatic heterocycles. The highest BCUT2D eigenvalue weighted by atomic mass is 16.6. The number of aliphatic carboxylic acids is 1. The normalized spacial score (nSPS) is 17.9. The van der Waals surface area contributed by atoms with Crippen LogP contribution < -0.4 is 15.2 Å². The fourth-order valence-electron chi connectivity index (χ4n) is 2.43. The number of carbonyl (C=O) groups is 1. The summed E-state index contributed by atoms with van der Waals surface area (Å²) in [6.45, 7) is 4.72. The van der Waals surface area contributed by atoms with E-state index in [-0.39, 0.29) is 12.3 Å². The van der Waals surface area contributed by atoms with Crippen LogP contribution in [0.4, 0.5) is 0 Å². The van der Waals surface area contributed by atoms with Gasteiger partial charge in [0, 0.05) is 24.2 Å². The van der Waals surface area contributed by atoms with Crippen LogP contribution in [0.2, 0.25) is 0 Å². The minimum absolute atomic E-state index is 0.175. The molecule has 0 aromatic carbocycles. The Bertz CT molecular complexity index is 549. The van der Waals surface area contributed by atoms with Crippen molar-refractivity contribution in [2.24, 2.45) is 11.7 Å². The quantitative estimate of drug-likeness (QED) is 0.704. The monoisotopic (exact) mass is 310 g/mol. The first-order valence-corrected chi connectivity index (χ1v) is 7.29. The highest BCUT2D eigenvalue weighted by molar-refractivity contribution is 5.78. The van der Waals surface area contributed by atoms with Gasteiger partial charge in [0.2, 0.25) is 0 Å². The molecule has 1 aromatic rings. The lowest BCUT2D eigenvalue weighted by atomic mass is 9.84. The molecule has 122 valence electrons. The molecule has 0 radical (unpaired) electrons. The van der Waals surface area contributed by atoms with Crippen molar-refractivity contribution in [1.82, 2.24) is 4.98 Å². The molecule has 1 aliphatic rings. The molecule has 0 spiro atoms. The van der Waals surface area contributed by atoms with Gasteiger partial charge in [0.1, 0.15) is 13.2 Å². The predicted molar refractivity (Wildman–Crippen MR) is 78.9 cm³/mol. The fourth-order valence-corrected chi connectivity index (χ4v) is 2.43. The summed E-state index contributed by atoms with van der Waals surface area (Å²) in [5.41, 5.74) is 4.25. The molecule has 0 bridgehead atoms. The van der Waals surface area contributed by atoms with Crippen molar-refractivity contribution in [3.8, 4) is 11.5 Å². The molecule has 1 aliphatic heterocycles. The van der Waals surface area contributed by atoms with Gasteiger partial charge in [-0.25, -0.2) is 4.79 Å². The first-order valence-electron chi connectivity index (χ1n) is 7.29. The first kappa shape index (κ1) is 16.5. The Labute approximate surface area is 129 Å². The largest absolute Gasteiger partial charge is 0.486 e. The van der Waals surface area contributed by atoms with Crippen molar-refractivity contribution in [3.05, 3.63) is 18.0 Å². The van der Waals surface area contributed by atoms with E-state index in [9.17, 15) is 15.0 Å². The van der Waals surface area contributed by atoms with Gasteiger partial charge in [-0.2, -0.15) is 0 Å². The molecule has 2 heterocycles. The van der Waals surface area contributed by atoms with Gasteiger partial charge < -0.3 is 25.4 Å². The van der Waals surface area contributed by atoms with Gasteiger partial charge in [0.15, 0.2) is 17.1 Å². The number of fused-ring (bicyclic) bond motifs is 1. The highest BCUT2D eigenvalue weighted by Gasteiger charge is 2.43. The van der Waals surface area contributed by atoms with Crippen molar-refractivity contribution >= 4 is 5.97 Å². The number of hydrogen-bond donors (Lipinski definition) is 3. The molecular formula is C15H22N2O5. The van der Waals surface area contributed by atoms with Crippen LogP contribution in [-0.2, 0) is 11.2 Å². The van der Waals surface area contributed by atoms with Crippen molar-refractivity contribution in [1.29, 1.82) is 0 Å². The van der Waals surface area contributed by atoms with Crippen molar-refractivity contribution < 1.29 is 24.5 Å². The third-order valence-corrected chi connectivity index (χ3v) is 3.65. The summed E-state index contributed by atoms with van der Waals surface area (Å²) < 4.78 is 10.8. The molecule has 7 nitrogen and oxygen atoms in total. The lowest BCUT2D eigenvalue weighted by Crippen LogP contribution is -2.56. The molecule has 0 saturated carbocycles. The summed E-state index contributed by atoms with van der Waals surface area (Å²) in [5, 5.41) is 19.9. The van der Waals surface area contributed by atoms with Crippen molar-refractivity contribution in [2.75, 3.05) is 13.2 Å². The van der Waals surface area contributed by atoms with Crippen LogP contribution in [0.15, 0.2) is 12.3 Å². The number of nitrogens with zero attached hydrogens (tertiary/aromatic N) is 1. The van der Waals surface area contributed by atoms with Crippen LogP contribution in [0.5, 0.6) is 11.5 Å². The maximum absolute atomic E-state index is 11.5. The van der Waals surface area contributed by atoms with Gasteiger partial charge in [-0.05, 0) is 12.3 Å². The zero-order chi connectivity index (χ0) is 16.3. The summed E-state index contributed by atoms with van der Waals surface area (Å²) in [6, 6.07) is 0.699. The van der Waals surface area contributed by atoms with Crippen LogP contribution in [-0.4, -0.2) is 46.0 Å². The van der Waals surface area contributed by atoms with E-state index < -0.39 is 17.6 Å². The Morgan fingerprint density at radius 2 is 2.05 bits per heavy atom. The summed E-state index contributed by atoms with van der Waals surface area (Å²) >= 11 is 0. The van der Waals surface area contributed by atoms with E-state index >= 15 is 0 Å². The Kier molecular flexibility index (Phi) is 4.87. The Morgan fingerprint density at radius 1 is 1.41 bits per heavy atom. The molecule has 2 atom stereocenters. The number of pyridine rings is 1. The zero-order valence-corrected chi connectivity index (χ0v) is 12.8. The number of aliphatic hydroxyl groups is 1. The molecule has 0 amide bonds. The highest BCUT2D eigenvalue weighted by Crippen LogP contribution is 2.31. The van der Waals surface area contributed by atoms with Gasteiger partial charge >= 0.3 is 5.97 Å². The van der Waals surface area contributed by atoms with E-state index in [4.69, 9.17) is 15.2 Å². The van der Waals surface area contributed by atoms with Gasteiger partial charge in [-0.1, -0.05) is 13.8 Å². The van der Waals surface area contributed by atoms with Crippen LogP contribution in [0, 0.1) is 5.92 Å². The maximum atomic E-state index is 11.5. The van der Waals surface area contributed by atoms with E-state index in [0.29, 0.717) is 36.8 Å². The van der Waals surface area contributed by atoms with Crippen LogP contribution in [0.25, 0.3) is 0 Å². The van der Waals surface area contributed by atoms with Crippen molar-refractivity contribution in [3.63, 3.8) is 0 Å². The van der Waals surface area contributed by atoms with Gasteiger partial charge in [0.25, 0.3) is 0 Å². The second-order valence-corrected chi connectivity index (χ2v) is 5.96. The van der Waals surface area contributed by atoms with Crippen molar-refractivity contribution in [2.45, 2.75) is 38.3 Å². The predicted octanol–water partition coefficient (Wildman–Crippen LogP) is 0.584. The average molecular weight is 310 g/mol. The zero-order valence-electron chi connectivity index (χ0n) is 12.8. The second kappa shape index (κ2) is 6.50. The Hall–Kier alpha value is -1.86. The molecule has 7 heteroatoms. The van der Waals surface area contributed by atoms with Crippen LogP contribution in [0.3, 0.4) is 0 Å². The number of rotatable bonds is 6. The fraction of sp³-hybridized carbons (Fsp3) is 0.600. The van der Waals surface area contributed by atoms with Gasteiger partial charge in [-0.15, -0.1) is 0 Å². The topological polar surface area (TPSA) is 115 Å². The number of carboxylic acids is 1. The standard InChI is InChI=1S/C15H22N2O5/c1-9(2)5-13(16)15(20,14(18)19)7-10-6-11-12(8-17-10)22-4-3-21-11/h6,8-9,13,20H,3-5,7,16H2,1-2H3,(H,18,19). The Balaban J connectivity index is 2.22. The third kappa shape index (κ3) is 3.48. The molecule has 0 aliphatic carbocycles. The number of aromatic nitrogens is 1. The van der Waals surface area contributed by atoms with E-state index in [0.717, 1.165) is 0 Å². The molecule has 0 saturated heterocycles. The number of ether oxygens (including phenoxy) is 2. The summed E-state index contributed by atoms with van der Waals surface area (Å²) in [4.78, 5) is 15.7. The minimum atomic E-state index is -2.07. The smallest absolute Gasteiger partial charge is 0.337 e. The molecule has 2 rings (SSSR count). The summed E-state index contributed by atoms with van der Waals surface area (Å²) in [6.07, 6.45) is 1.68.